The summed E-state index contributed by atoms with van der Waals surface area (Å²) in [4.78, 5) is 24.5. The van der Waals surface area contributed by atoms with Gasteiger partial charge in [-0.05, 0) is 18.6 Å². The summed E-state index contributed by atoms with van der Waals surface area (Å²) >= 11 is 0. The number of hydrogen-bond donors (Lipinski definition) is 2. The number of hydrogen-bond acceptors (Lipinski definition) is 3. The van der Waals surface area contributed by atoms with Crippen molar-refractivity contribution < 1.29 is 19.1 Å². The second kappa shape index (κ2) is 6.07. The van der Waals surface area contributed by atoms with Crippen LogP contribution in [0, 0.1) is 11.7 Å². The van der Waals surface area contributed by atoms with Gasteiger partial charge < -0.3 is 15.3 Å². The number of likely N-dealkylation sites (tertiary alicyclic amines) is 1. The van der Waals surface area contributed by atoms with Crippen molar-refractivity contribution in [1.29, 1.82) is 0 Å². The molecule has 1 unspecified atom stereocenters. The molecule has 2 heterocycles. The summed E-state index contributed by atoms with van der Waals surface area (Å²) in [6.07, 6.45) is 3.35. The minimum Gasteiger partial charge on any atom is -0.481 e. The number of carbonyl (C=O) groups is 2. The maximum atomic E-state index is 13.7. The number of halogens is 1. The van der Waals surface area contributed by atoms with Gasteiger partial charge in [0.2, 0.25) is 0 Å². The van der Waals surface area contributed by atoms with E-state index in [0.29, 0.717) is 18.7 Å². The lowest BCUT2D eigenvalue weighted by atomic mass is 10.1. The lowest BCUT2D eigenvalue weighted by molar-refractivity contribution is -0.141. The summed E-state index contributed by atoms with van der Waals surface area (Å²) in [5.74, 6) is -1.84. The van der Waals surface area contributed by atoms with E-state index in [0.717, 1.165) is 0 Å². The largest absolute Gasteiger partial charge is 0.481 e. The van der Waals surface area contributed by atoms with Crippen LogP contribution >= 0.6 is 0 Å². The molecule has 120 valence electrons. The third kappa shape index (κ3) is 3.15. The predicted octanol–water partition coefficient (Wildman–Crippen LogP) is 1.95. The SMILES string of the molecule is O=C(O)C1CCN(C(=O)Nc2cnn(-c3ccccc3F)c2)C1. The minimum absolute atomic E-state index is 0.183. The average molecular weight is 318 g/mol. The molecule has 3 rings (SSSR count). The third-order valence-corrected chi connectivity index (χ3v) is 3.76. The highest BCUT2D eigenvalue weighted by molar-refractivity contribution is 5.89. The number of aliphatic carboxylic acids is 1. The van der Waals surface area contributed by atoms with E-state index in [1.807, 2.05) is 0 Å². The minimum atomic E-state index is -0.896. The lowest BCUT2D eigenvalue weighted by Gasteiger charge is -2.15. The van der Waals surface area contributed by atoms with Gasteiger partial charge >= 0.3 is 12.0 Å². The van der Waals surface area contributed by atoms with E-state index in [9.17, 15) is 14.0 Å². The standard InChI is InChI=1S/C15H15FN4O3/c16-12-3-1-2-4-13(12)20-9-11(7-17-20)18-15(23)19-6-5-10(8-19)14(21)22/h1-4,7,9-10H,5-6,8H2,(H,18,23)(H,21,22). The zero-order valence-electron chi connectivity index (χ0n) is 12.1. The van der Waals surface area contributed by atoms with E-state index in [2.05, 4.69) is 10.4 Å². The van der Waals surface area contributed by atoms with Crippen LogP contribution in [0.4, 0.5) is 14.9 Å². The Morgan fingerprint density at radius 3 is 2.83 bits per heavy atom. The van der Waals surface area contributed by atoms with Crippen molar-refractivity contribution >= 4 is 17.7 Å². The van der Waals surface area contributed by atoms with Gasteiger partial charge in [0.1, 0.15) is 11.5 Å². The Morgan fingerprint density at radius 1 is 1.35 bits per heavy atom. The Labute approximate surface area is 131 Å². The number of carboxylic acid groups (broad SMARTS) is 1. The monoisotopic (exact) mass is 318 g/mol. The van der Waals surface area contributed by atoms with Gasteiger partial charge in [-0.15, -0.1) is 0 Å². The normalized spacial score (nSPS) is 17.3. The van der Waals surface area contributed by atoms with Crippen molar-refractivity contribution in [1.82, 2.24) is 14.7 Å². The number of benzene rings is 1. The molecule has 1 aliphatic rings. The molecule has 2 amide bonds. The molecular formula is C15H15FN4O3. The zero-order valence-corrected chi connectivity index (χ0v) is 12.1. The molecule has 1 atom stereocenters. The predicted molar refractivity (Wildman–Crippen MR) is 79.9 cm³/mol. The summed E-state index contributed by atoms with van der Waals surface area (Å²) in [5, 5.41) is 15.6. The topological polar surface area (TPSA) is 87.5 Å². The van der Waals surface area contributed by atoms with E-state index in [-0.39, 0.29) is 18.3 Å². The van der Waals surface area contributed by atoms with E-state index >= 15 is 0 Å². The van der Waals surface area contributed by atoms with Crippen molar-refractivity contribution in [2.24, 2.45) is 5.92 Å². The number of anilines is 1. The number of urea groups is 1. The molecule has 0 bridgehead atoms. The molecule has 1 aromatic heterocycles. The van der Waals surface area contributed by atoms with Crippen LogP contribution in [-0.4, -0.2) is 44.9 Å². The lowest BCUT2D eigenvalue weighted by Crippen LogP contribution is -2.33. The second-order valence-corrected chi connectivity index (χ2v) is 5.32. The number of rotatable bonds is 3. The molecule has 0 saturated carbocycles. The Kier molecular flexibility index (Phi) is 3.96. The molecule has 2 aromatic rings. The highest BCUT2D eigenvalue weighted by Crippen LogP contribution is 2.19. The Balaban J connectivity index is 1.67. The molecule has 2 N–H and O–H groups in total. The van der Waals surface area contributed by atoms with Gasteiger partial charge in [0.15, 0.2) is 0 Å². The molecule has 0 radical (unpaired) electrons. The van der Waals surface area contributed by atoms with Crippen LogP contribution in [0.3, 0.4) is 0 Å². The smallest absolute Gasteiger partial charge is 0.321 e. The van der Waals surface area contributed by atoms with Crippen molar-refractivity contribution in [2.75, 3.05) is 18.4 Å². The van der Waals surface area contributed by atoms with E-state index in [4.69, 9.17) is 5.11 Å². The van der Waals surface area contributed by atoms with Gasteiger partial charge in [-0.2, -0.15) is 5.10 Å². The molecule has 1 aliphatic heterocycles. The average Bonchev–Trinajstić information content (AvgIpc) is 3.16. The molecule has 1 aromatic carbocycles. The van der Waals surface area contributed by atoms with Crippen LogP contribution in [0.5, 0.6) is 0 Å². The van der Waals surface area contributed by atoms with Gasteiger partial charge in [0.25, 0.3) is 0 Å². The number of nitrogens with zero attached hydrogens (tertiary/aromatic N) is 3. The number of nitrogens with one attached hydrogen (secondary N) is 1. The molecule has 1 fully saturated rings. The summed E-state index contributed by atoms with van der Waals surface area (Å²) < 4.78 is 15.0. The van der Waals surface area contributed by atoms with Gasteiger partial charge in [0.05, 0.1) is 24.0 Å². The zero-order chi connectivity index (χ0) is 16.4. The van der Waals surface area contributed by atoms with Crippen molar-refractivity contribution in [3.8, 4) is 5.69 Å². The molecule has 0 spiro atoms. The Morgan fingerprint density at radius 2 is 2.13 bits per heavy atom. The first-order chi connectivity index (χ1) is 11.0. The van der Waals surface area contributed by atoms with Crippen molar-refractivity contribution in [3.63, 3.8) is 0 Å². The number of para-hydroxylation sites is 1. The number of carboxylic acids is 1. The van der Waals surface area contributed by atoms with Crippen molar-refractivity contribution in [2.45, 2.75) is 6.42 Å². The summed E-state index contributed by atoms with van der Waals surface area (Å²) in [5.41, 5.74) is 0.692. The van der Waals surface area contributed by atoms with Crippen LogP contribution in [0.15, 0.2) is 36.7 Å². The first kappa shape index (κ1) is 15.0. The van der Waals surface area contributed by atoms with Gasteiger partial charge in [-0.1, -0.05) is 12.1 Å². The number of carbonyl (C=O) groups excluding carboxylic acids is 1. The fourth-order valence-corrected chi connectivity index (χ4v) is 2.51. The maximum Gasteiger partial charge on any atom is 0.321 e. The van der Waals surface area contributed by atoms with Crippen LogP contribution in [0.25, 0.3) is 5.69 Å². The van der Waals surface area contributed by atoms with Crippen LogP contribution < -0.4 is 5.32 Å². The van der Waals surface area contributed by atoms with Crippen LogP contribution in [0.2, 0.25) is 0 Å². The molecule has 23 heavy (non-hydrogen) atoms. The molecule has 7 nitrogen and oxygen atoms in total. The number of amides is 2. The molecule has 0 aliphatic carbocycles. The highest BCUT2D eigenvalue weighted by Gasteiger charge is 2.30. The molecule has 8 heteroatoms. The Bertz CT molecular complexity index is 746. The number of aromatic nitrogens is 2. The molecular weight excluding hydrogens is 303 g/mol. The fourth-order valence-electron chi connectivity index (χ4n) is 2.51. The third-order valence-electron chi connectivity index (χ3n) is 3.76. The molecule has 1 saturated heterocycles. The maximum absolute atomic E-state index is 13.7. The van der Waals surface area contributed by atoms with Gasteiger partial charge in [-0.25, -0.2) is 13.9 Å². The summed E-state index contributed by atoms with van der Waals surface area (Å²) in [7, 11) is 0. The first-order valence-corrected chi connectivity index (χ1v) is 7.13. The first-order valence-electron chi connectivity index (χ1n) is 7.13. The quantitative estimate of drug-likeness (QED) is 0.905. The highest BCUT2D eigenvalue weighted by atomic mass is 19.1. The summed E-state index contributed by atoms with van der Waals surface area (Å²) in [6.45, 7) is 0.576. The van der Waals surface area contributed by atoms with Crippen LogP contribution in [0.1, 0.15) is 6.42 Å². The van der Waals surface area contributed by atoms with Crippen molar-refractivity contribution in [3.05, 3.63) is 42.5 Å². The van der Waals surface area contributed by atoms with E-state index < -0.39 is 17.7 Å². The Hall–Kier alpha value is -2.90. The van der Waals surface area contributed by atoms with Gasteiger partial charge in [-0.3, -0.25) is 4.79 Å². The van der Waals surface area contributed by atoms with E-state index in [1.54, 1.807) is 18.2 Å². The fraction of sp³-hybridized carbons (Fsp3) is 0.267. The summed E-state index contributed by atoms with van der Waals surface area (Å²) in [6, 6.07) is 5.78. The second-order valence-electron chi connectivity index (χ2n) is 5.32. The van der Waals surface area contributed by atoms with Gasteiger partial charge in [0, 0.05) is 13.1 Å². The van der Waals surface area contributed by atoms with E-state index in [1.165, 1.54) is 28.0 Å². The van der Waals surface area contributed by atoms with Crippen LogP contribution in [-0.2, 0) is 4.79 Å².